The van der Waals surface area contributed by atoms with Crippen LogP contribution in [0.3, 0.4) is 0 Å². The van der Waals surface area contributed by atoms with E-state index in [1.165, 1.54) is 5.56 Å². The number of anilines is 1. The second-order valence-electron chi connectivity index (χ2n) is 7.03. The van der Waals surface area contributed by atoms with Crippen LogP contribution in [0.4, 0.5) is 10.5 Å². The molecule has 2 aromatic heterocycles. The first kappa shape index (κ1) is 18.7. The first-order valence-electron chi connectivity index (χ1n) is 8.92. The summed E-state index contributed by atoms with van der Waals surface area (Å²) in [7, 11) is 2.16. The van der Waals surface area contributed by atoms with Crippen molar-refractivity contribution in [3.63, 3.8) is 0 Å². The number of carbonyl (C=O) groups is 1. The largest absolute Gasteiger partial charge is 0.361 e. The van der Waals surface area contributed by atoms with E-state index in [1.807, 2.05) is 6.20 Å². The number of nitrogens with zero attached hydrogens (tertiary/aromatic N) is 4. The van der Waals surface area contributed by atoms with Gasteiger partial charge in [-0.1, -0.05) is 0 Å². The number of pyridine rings is 1. The van der Waals surface area contributed by atoms with Gasteiger partial charge in [0.25, 0.3) is 0 Å². The molecular weight excluding hydrogens is 329 g/mol. The summed E-state index contributed by atoms with van der Waals surface area (Å²) in [5.74, 6) is 0. The zero-order valence-electron chi connectivity index (χ0n) is 15.4. The van der Waals surface area contributed by atoms with Gasteiger partial charge < -0.3 is 19.5 Å². The molecule has 2 fully saturated rings. The van der Waals surface area contributed by atoms with Gasteiger partial charge in [-0.3, -0.25) is 4.90 Å². The number of fused-ring (bicyclic) bond motifs is 1. The molecule has 2 amide bonds. The minimum Gasteiger partial charge on any atom is -0.361 e. The number of amides is 2. The van der Waals surface area contributed by atoms with Gasteiger partial charge in [-0.25, -0.2) is 9.78 Å². The number of likely N-dealkylation sites (tertiary alicyclic amines) is 1. The van der Waals surface area contributed by atoms with Gasteiger partial charge in [0.2, 0.25) is 0 Å². The average molecular weight is 356 g/mol. The third kappa shape index (κ3) is 3.43. The highest BCUT2D eigenvalue weighted by Crippen LogP contribution is 2.30. The Morgan fingerprint density at radius 1 is 1.38 bits per heavy atom. The number of likely N-dealkylation sites (N-methyl/N-ethyl adjacent to an activating group) is 1. The Kier molecular flexibility index (Phi) is 5.53. The lowest BCUT2D eigenvalue weighted by molar-refractivity contribution is 0.114. The molecule has 2 aromatic rings. The lowest BCUT2D eigenvalue weighted by Gasteiger charge is -2.25. The van der Waals surface area contributed by atoms with E-state index in [0.29, 0.717) is 19.2 Å². The van der Waals surface area contributed by atoms with Crippen molar-refractivity contribution >= 4 is 31.2 Å². The van der Waals surface area contributed by atoms with Gasteiger partial charge in [-0.05, 0) is 45.0 Å². The van der Waals surface area contributed by atoms with Crippen LogP contribution in [0.1, 0.15) is 25.9 Å². The molecule has 4 heterocycles. The van der Waals surface area contributed by atoms with Gasteiger partial charge in [0.15, 0.2) is 0 Å². The number of hydrogen-bond donors (Lipinski definition) is 1. The molecule has 8 heteroatoms. The molecule has 0 aliphatic carbocycles. The van der Waals surface area contributed by atoms with Gasteiger partial charge >= 0.3 is 6.03 Å². The molecule has 2 aliphatic heterocycles. The molecule has 0 aromatic carbocycles. The topological polar surface area (TPSA) is 62.6 Å². The first-order valence-corrected chi connectivity index (χ1v) is 8.92. The fourth-order valence-corrected chi connectivity index (χ4v) is 3.80. The van der Waals surface area contributed by atoms with Gasteiger partial charge in [-0.15, -0.1) is 0 Å². The van der Waals surface area contributed by atoms with Crippen LogP contribution in [0.25, 0.3) is 11.0 Å². The molecular formula is C18H27BN5O2. The molecule has 0 unspecified atom stereocenters. The SMILES string of the molecule is Cc1cn([C@H]2CCN(C)C2)c2ncc(N3CCCOCNC3=O)cc12.[B].[HH]. The van der Waals surface area contributed by atoms with Gasteiger partial charge in [0, 0.05) is 40.6 Å². The number of urea groups is 1. The minimum atomic E-state index is -0.129. The Bertz CT molecular complexity index is 799. The van der Waals surface area contributed by atoms with Crippen molar-refractivity contribution in [1.82, 2.24) is 19.8 Å². The van der Waals surface area contributed by atoms with Crippen molar-refractivity contribution < 1.29 is 11.0 Å². The molecule has 2 saturated heterocycles. The molecule has 1 N–H and O–H groups in total. The molecule has 0 saturated carbocycles. The second-order valence-corrected chi connectivity index (χ2v) is 7.03. The lowest BCUT2D eigenvalue weighted by Crippen LogP contribution is -2.43. The Morgan fingerprint density at radius 2 is 2.23 bits per heavy atom. The summed E-state index contributed by atoms with van der Waals surface area (Å²) in [5.41, 5.74) is 3.06. The Labute approximate surface area is 157 Å². The van der Waals surface area contributed by atoms with Crippen molar-refractivity contribution in [2.75, 3.05) is 44.9 Å². The lowest BCUT2D eigenvalue weighted by atomic mass is 10.2. The highest BCUT2D eigenvalue weighted by atomic mass is 16.5. The predicted octanol–water partition coefficient (Wildman–Crippen LogP) is 1.98. The number of aryl methyl sites for hydroxylation is 1. The number of carbonyl (C=O) groups excluding carboxylic acids is 1. The van der Waals surface area contributed by atoms with Crippen LogP contribution < -0.4 is 10.2 Å². The molecule has 3 radical (unpaired) electrons. The maximum atomic E-state index is 12.3. The number of nitrogens with one attached hydrogen (secondary N) is 1. The minimum absolute atomic E-state index is 0. The first-order chi connectivity index (χ1) is 12.1. The van der Waals surface area contributed by atoms with Crippen LogP contribution in [0, 0.1) is 6.92 Å². The smallest absolute Gasteiger partial charge is 0.323 e. The summed E-state index contributed by atoms with van der Waals surface area (Å²) in [4.78, 5) is 21.2. The fourth-order valence-electron chi connectivity index (χ4n) is 3.80. The molecule has 0 bridgehead atoms. The molecule has 1 atom stereocenters. The average Bonchev–Trinajstić information content (AvgIpc) is 3.15. The van der Waals surface area contributed by atoms with Crippen LogP contribution >= 0.6 is 0 Å². The number of hydrogen-bond acceptors (Lipinski definition) is 4. The monoisotopic (exact) mass is 356 g/mol. The van der Waals surface area contributed by atoms with E-state index in [-0.39, 0.29) is 22.6 Å². The maximum Gasteiger partial charge on any atom is 0.323 e. The number of ether oxygens (including phenoxy) is 1. The molecule has 2 aliphatic rings. The van der Waals surface area contributed by atoms with Gasteiger partial charge in [-0.2, -0.15) is 0 Å². The molecule has 0 spiro atoms. The van der Waals surface area contributed by atoms with E-state index in [2.05, 4.69) is 41.0 Å². The fraction of sp³-hybridized carbons (Fsp3) is 0.556. The van der Waals surface area contributed by atoms with E-state index >= 15 is 0 Å². The number of rotatable bonds is 2. The summed E-state index contributed by atoms with van der Waals surface area (Å²) in [6.45, 7) is 5.84. The van der Waals surface area contributed by atoms with E-state index < -0.39 is 0 Å². The molecule has 139 valence electrons. The van der Waals surface area contributed by atoms with E-state index in [0.717, 1.165) is 42.7 Å². The zero-order valence-corrected chi connectivity index (χ0v) is 15.4. The molecule has 4 rings (SSSR count). The van der Waals surface area contributed by atoms with Gasteiger partial charge in [0.1, 0.15) is 12.4 Å². The van der Waals surface area contributed by atoms with Crippen LogP contribution in [0.2, 0.25) is 0 Å². The standard InChI is InChI=1S/C18H25N5O2.B.H2/c1-13-10-23(14-4-6-21(2)11-14)17-16(13)8-15(9-19-17)22-5-3-7-25-12-20-18(22)24;;/h8-10,14H,3-7,11-12H2,1-2H3,(H,20,24);;1H/t14-;;/m0../s1. The highest BCUT2D eigenvalue weighted by molar-refractivity contribution is 5.94. The van der Waals surface area contributed by atoms with Crippen molar-refractivity contribution in [2.45, 2.75) is 25.8 Å². The quantitative estimate of drug-likeness (QED) is 0.836. The normalized spacial score (nSPS) is 22.0. The zero-order chi connectivity index (χ0) is 17.4. The predicted molar refractivity (Wildman–Crippen MR) is 105 cm³/mol. The molecule has 7 nitrogen and oxygen atoms in total. The summed E-state index contributed by atoms with van der Waals surface area (Å²) < 4.78 is 7.61. The van der Waals surface area contributed by atoms with Crippen LogP contribution in [0.15, 0.2) is 18.5 Å². The van der Waals surface area contributed by atoms with E-state index in [4.69, 9.17) is 9.72 Å². The van der Waals surface area contributed by atoms with Crippen molar-refractivity contribution in [3.8, 4) is 0 Å². The van der Waals surface area contributed by atoms with Crippen molar-refractivity contribution in [1.29, 1.82) is 0 Å². The number of aromatic nitrogens is 2. The van der Waals surface area contributed by atoms with Crippen LogP contribution in [-0.2, 0) is 4.74 Å². The third-order valence-electron chi connectivity index (χ3n) is 5.17. The second kappa shape index (κ2) is 7.67. The van der Waals surface area contributed by atoms with Crippen molar-refractivity contribution in [3.05, 3.63) is 24.0 Å². The van der Waals surface area contributed by atoms with Crippen LogP contribution in [0.5, 0.6) is 0 Å². The third-order valence-corrected chi connectivity index (χ3v) is 5.17. The summed E-state index contributed by atoms with van der Waals surface area (Å²) in [5, 5.41) is 3.90. The van der Waals surface area contributed by atoms with Crippen molar-refractivity contribution in [2.24, 2.45) is 0 Å². The summed E-state index contributed by atoms with van der Waals surface area (Å²) in [6, 6.07) is 2.44. The summed E-state index contributed by atoms with van der Waals surface area (Å²) >= 11 is 0. The maximum absolute atomic E-state index is 12.3. The molecule has 26 heavy (non-hydrogen) atoms. The van der Waals surface area contributed by atoms with Gasteiger partial charge in [0.05, 0.1) is 18.5 Å². The van der Waals surface area contributed by atoms with E-state index in [9.17, 15) is 4.79 Å². The van der Waals surface area contributed by atoms with Crippen LogP contribution in [-0.4, -0.2) is 68.9 Å². The Morgan fingerprint density at radius 3 is 3.00 bits per heavy atom. The Hall–Kier alpha value is -2.06. The highest BCUT2D eigenvalue weighted by Gasteiger charge is 2.24. The summed E-state index contributed by atoms with van der Waals surface area (Å²) in [6.07, 6.45) is 5.99. The van der Waals surface area contributed by atoms with E-state index in [1.54, 1.807) is 4.90 Å². The Balaban J connectivity index is 0.00000131.